The molecule has 1 atom stereocenters. The van der Waals surface area contributed by atoms with Crippen LogP contribution in [0, 0.1) is 12.8 Å². The van der Waals surface area contributed by atoms with Crippen molar-refractivity contribution in [1.82, 2.24) is 0 Å². The zero-order valence-corrected chi connectivity index (χ0v) is 18.4. The zero-order valence-electron chi connectivity index (χ0n) is 18.4. The molecule has 0 aromatic carbocycles. The van der Waals surface area contributed by atoms with Gasteiger partial charge in [-0.15, -0.1) is 0 Å². The molecule has 1 aromatic rings. The Morgan fingerprint density at radius 1 is 0.929 bits per heavy atom. The van der Waals surface area contributed by atoms with E-state index in [0.29, 0.717) is 6.42 Å². The van der Waals surface area contributed by atoms with Gasteiger partial charge in [0.1, 0.15) is 17.3 Å². The molecule has 0 saturated carbocycles. The van der Waals surface area contributed by atoms with E-state index >= 15 is 0 Å². The predicted octanol–water partition coefficient (Wildman–Crippen LogP) is 6.66. The van der Waals surface area contributed by atoms with Gasteiger partial charge in [0.15, 0.2) is 0 Å². The predicted molar refractivity (Wildman–Crippen MR) is 115 cm³/mol. The Morgan fingerprint density at radius 3 is 1.93 bits per heavy atom. The Balaban J connectivity index is 2.08. The fourth-order valence-corrected chi connectivity index (χ4v) is 3.42. The Labute approximate surface area is 170 Å². The summed E-state index contributed by atoms with van der Waals surface area (Å²) < 4.78 is 5.15. The molecular weight excluding hydrogens is 352 g/mol. The van der Waals surface area contributed by atoms with Crippen LogP contribution in [-0.4, -0.2) is 10.9 Å². The fourth-order valence-electron chi connectivity index (χ4n) is 3.42. The average Bonchev–Trinajstić information content (AvgIpc) is 2.65. The molecule has 4 heteroatoms. The summed E-state index contributed by atoms with van der Waals surface area (Å²) in [6.45, 7) is 7.82. The summed E-state index contributed by atoms with van der Waals surface area (Å²) in [5.41, 5.74) is -0.395. The Kier molecular flexibility index (Phi) is 11.9. The van der Waals surface area contributed by atoms with Crippen LogP contribution in [0.1, 0.15) is 115 Å². The maximum atomic E-state index is 12.3. The highest BCUT2D eigenvalue weighted by atomic mass is 16.4. The molecule has 0 spiro atoms. The minimum absolute atomic E-state index is 0.0628. The summed E-state index contributed by atoms with van der Waals surface area (Å²) in [5.74, 6) is 0.553. The molecular formula is C24H40O4. The molecule has 160 valence electrons. The van der Waals surface area contributed by atoms with Gasteiger partial charge in [-0.25, -0.2) is 4.79 Å². The van der Waals surface area contributed by atoms with E-state index in [9.17, 15) is 14.7 Å². The molecule has 4 nitrogen and oxygen atoms in total. The lowest BCUT2D eigenvalue weighted by atomic mass is 9.97. The topological polar surface area (TPSA) is 67.5 Å². The minimum atomic E-state index is -0.574. The summed E-state index contributed by atoms with van der Waals surface area (Å²) in [6.07, 6.45) is 14.3. The molecule has 1 heterocycles. The SMILES string of the molecule is Cc1c(O)cc(C(C)C(=O)CCCCCCCCCCCCC(C)C)oc1=O. The number of hydrogen-bond acceptors (Lipinski definition) is 4. The molecule has 1 N–H and O–H groups in total. The van der Waals surface area contributed by atoms with Gasteiger partial charge < -0.3 is 9.52 Å². The second-order valence-electron chi connectivity index (χ2n) is 8.60. The van der Waals surface area contributed by atoms with Crippen molar-refractivity contribution >= 4 is 5.78 Å². The first-order valence-corrected chi connectivity index (χ1v) is 11.2. The minimum Gasteiger partial charge on any atom is -0.507 e. The Hall–Kier alpha value is -1.58. The van der Waals surface area contributed by atoms with Crippen LogP contribution >= 0.6 is 0 Å². The molecule has 0 bridgehead atoms. The van der Waals surface area contributed by atoms with Gasteiger partial charge in [0.2, 0.25) is 0 Å². The highest BCUT2D eigenvalue weighted by Crippen LogP contribution is 2.23. The van der Waals surface area contributed by atoms with Gasteiger partial charge in [-0.2, -0.15) is 0 Å². The molecule has 0 saturated heterocycles. The van der Waals surface area contributed by atoms with Crippen LogP contribution in [0.5, 0.6) is 5.75 Å². The third kappa shape index (κ3) is 9.57. The van der Waals surface area contributed by atoms with Gasteiger partial charge in [0, 0.05) is 12.5 Å². The first-order chi connectivity index (χ1) is 13.3. The maximum absolute atomic E-state index is 12.3. The van der Waals surface area contributed by atoms with Crippen LogP contribution in [0.2, 0.25) is 0 Å². The van der Waals surface area contributed by atoms with Gasteiger partial charge in [0.25, 0.3) is 0 Å². The van der Waals surface area contributed by atoms with Gasteiger partial charge in [-0.1, -0.05) is 78.1 Å². The van der Waals surface area contributed by atoms with Crippen LogP contribution in [-0.2, 0) is 4.79 Å². The van der Waals surface area contributed by atoms with E-state index in [-0.39, 0.29) is 22.9 Å². The molecule has 1 unspecified atom stereocenters. The lowest BCUT2D eigenvalue weighted by Crippen LogP contribution is -2.13. The molecule has 0 aliphatic heterocycles. The first-order valence-electron chi connectivity index (χ1n) is 11.2. The summed E-state index contributed by atoms with van der Waals surface area (Å²) in [6, 6.07) is 1.39. The maximum Gasteiger partial charge on any atom is 0.342 e. The third-order valence-electron chi connectivity index (χ3n) is 5.54. The molecule has 0 aliphatic carbocycles. The number of aromatic hydroxyl groups is 1. The number of carbonyl (C=O) groups excluding carboxylic acids is 1. The van der Waals surface area contributed by atoms with Crippen molar-refractivity contribution in [2.24, 2.45) is 5.92 Å². The lowest BCUT2D eigenvalue weighted by Gasteiger charge is -2.10. The average molecular weight is 393 g/mol. The summed E-state index contributed by atoms with van der Waals surface area (Å²) in [5, 5.41) is 9.74. The van der Waals surface area contributed by atoms with E-state index in [2.05, 4.69) is 13.8 Å². The largest absolute Gasteiger partial charge is 0.507 e. The summed E-state index contributed by atoms with van der Waals surface area (Å²) >= 11 is 0. The molecule has 0 aliphatic rings. The lowest BCUT2D eigenvalue weighted by molar-refractivity contribution is -0.120. The molecule has 1 rings (SSSR count). The smallest absolute Gasteiger partial charge is 0.342 e. The fraction of sp³-hybridized carbons (Fsp3) is 0.750. The van der Waals surface area contributed by atoms with Crippen LogP contribution in [0.15, 0.2) is 15.3 Å². The molecule has 0 fully saturated rings. The standard InChI is InChI=1S/C24H40O4/c1-18(2)15-13-11-9-7-5-6-8-10-12-14-16-21(25)19(3)23-17-22(26)20(4)24(27)28-23/h17-19,26H,5-16H2,1-4H3. The second kappa shape index (κ2) is 13.6. The van der Waals surface area contributed by atoms with Crippen molar-refractivity contribution < 1.29 is 14.3 Å². The number of Topliss-reactive ketones (excluding diaryl/α,β-unsaturated/α-hetero) is 1. The molecule has 1 aromatic heterocycles. The quantitative estimate of drug-likeness (QED) is 0.339. The van der Waals surface area contributed by atoms with E-state index in [4.69, 9.17) is 4.42 Å². The Morgan fingerprint density at radius 2 is 1.43 bits per heavy atom. The zero-order chi connectivity index (χ0) is 20.9. The van der Waals surface area contributed by atoms with Crippen molar-refractivity contribution in [3.05, 3.63) is 27.8 Å². The molecule has 0 amide bonds. The van der Waals surface area contributed by atoms with Gasteiger partial charge in [-0.05, 0) is 26.2 Å². The molecule has 0 radical (unpaired) electrons. The number of hydrogen-bond donors (Lipinski definition) is 1. The monoisotopic (exact) mass is 392 g/mol. The number of rotatable bonds is 15. The normalized spacial score (nSPS) is 12.5. The first kappa shape index (κ1) is 24.5. The van der Waals surface area contributed by atoms with Crippen LogP contribution < -0.4 is 5.63 Å². The van der Waals surface area contributed by atoms with Gasteiger partial charge in [0.05, 0.1) is 11.5 Å². The highest BCUT2D eigenvalue weighted by Gasteiger charge is 2.19. The van der Waals surface area contributed by atoms with Crippen molar-refractivity contribution in [2.45, 2.75) is 111 Å². The Bertz CT molecular complexity index is 630. The summed E-state index contributed by atoms with van der Waals surface area (Å²) in [4.78, 5) is 23.9. The van der Waals surface area contributed by atoms with Crippen molar-refractivity contribution in [2.75, 3.05) is 0 Å². The van der Waals surface area contributed by atoms with E-state index < -0.39 is 11.5 Å². The van der Waals surface area contributed by atoms with Crippen LogP contribution in [0.4, 0.5) is 0 Å². The number of ketones is 1. The number of carbonyl (C=O) groups is 1. The van der Waals surface area contributed by atoms with Crippen molar-refractivity contribution in [3.63, 3.8) is 0 Å². The third-order valence-corrected chi connectivity index (χ3v) is 5.54. The van der Waals surface area contributed by atoms with Crippen LogP contribution in [0.3, 0.4) is 0 Å². The van der Waals surface area contributed by atoms with E-state index in [1.54, 1.807) is 6.92 Å². The van der Waals surface area contributed by atoms with Gasteiger partial charge >= 0.3 is 5.63 Å². The second-order valence-corrected chi connectivity index (χ2v) is 8.60. The van der Waals surface area contributed by atoms with E-state index in [1.807, 2.05) is 0 Å². The van der Waals surface area contributed by atoms with Crippen molar-refractivity contribution in [3.8, 4) is 5.75 Å². The van der Waals surface area contributed by atoms with Crippen molar-refractivity contribution in [1.29, 1.82) is 0 Å². The summed E-state index contributed by atoms with van der Waals surface area (Å²) in [7, 11) is 0. The van der Waals surface area contributed by atoms with Crippen LogP contribution in [0.25, 0.3) is 0 Å². The number of unbranched alkanes of at least 4 members (excludes halogenated alkanes) is 9. The molecule has 28 heavy (non-hydrogen) atoms. The van der Waals surface area contributed by atoms with E-state index in [1.165, 1.54) is 70.8 Å². The van der Waals surface area contributed by atoms with Gasteiger partial charge in [-0.3, -0.25) is 4.79 Å². The van der Waals surface area contributed by atoms with E-state index in [0.717, 1.165) is 18.8 Å². The highest BCUT2D eigenvalue weighted by molar-refractivity contribution is 5.84.